The van der Waals surface area contributed by atoms with E-state index in [2.05, 4.69) is 50.5 Å². The maximum atomic E-state index is 5.93. The van der Waals surface area contributed by atoms with Gasteiger partial charge in [-0.2, -0.15) is 0 Å². The number of nitrogens with zero attached hydrogens (tertiary/aromatic N) is 1. The van der Waals surface area contributed by atoms with Crippen molar-refractivity contribution in [3.8, 4) is 0 Å². The van der Waals surface area contributed by atoms with E-state index in [0.29, 0.717) is 17.6 Å². The van der Waals surface area contributed by atoms with Crippen LogP contribution in [0.1, 0.15) is 17.9 Å². The minimum Gasteiger partial charge on any atom is -0.396 e. The van der Waals surface area contributed by atoms with E-state index in [4.69, 9.17) is 5.73 Å². The van der Waals surface area contributed by atoms with Gasteiger partial charge in [0.05, 0.1) is 5.69 Å². The van der Waals surface area contributed by atoms with E-state index in [1.54, 1.807) is 6.20 Å². The molecule has 1 aromatic carbocycles. The van der Waals surface area contributed by atoms with E-state index in [-0.39, 0.29) is 0 Å². The number of hydrogen-bond acceptors (Lipinski definition) is 3. The molecule has 0 bridgehead atoms. The van der Waals surface area contributed by atoms with Crippen LogP contribution in [-0.2, 0) is 0 Å². The number of nitrogens with two attached hydrogens (primary N) is 1. The molecule has 2 atom stereocenters. The van der Waals surface area contributed by atoms with E-state index in [1.807, 2.05) is 12.1 Å². The summed E-state index contributed by atoms with van der Waals surface area (Å²) in [4.78, 5) is 4.30. The lowest BCUT2D eigenvalue weighted by Gasteiger charge is -2.08. The van der Waals surface area contributed by atoms with Crippen LogP contribution >= 0.6 is 15.9 Å². The number of nitrogen functional groups attached to an aromatic ring is 1. The van der Waals surface area contributed by atoms with Crippen LogP contribution in [0.4, 0.5) is 11.5 Å². The Labute approximate surface area is 115 Å². The molecule has 18 heavy (non-hydrogen) atoms. The summed E-state index contributed by atoms with van der Waals surface area (Å²) in [6.45, 7) is 0. The second kappa shape index (κ2) is 4.61. The molecule has 4 heteroatoms. The Morgan fingerprint density at radius 3 is 2.78 bits per heavy atom. The van der Waals surface area contributed by atoms with Crippen LogP contribution in [0.2, 0.25) is 0 Å². The van der Waals surface area contributed by atoms with Gasteiger partial charge in [0.25, 0.3) is 0 Å². The summed E-state index contributed by atoms with van der Waals surface area (Å²) < 4.78 is 0.904. The van der Waals surface area contributed by atoms with Crippen molar-refractivity contribution < 1.29 is 0 Å². The Hall–Kier alpha value is -1.55. The Kier molecular flexibility index (Phi) is 2.96. The van der Waals surface area contributed by atoms with Crippen LogP contribution in [0.25, 0.3) is 0 Å². The zero-order chi connectivity index (χ0) is 12.5. The third-order valence-electron chi connectivity index (χ3n) is 3.22. The van der Waals surface area contributed by atoms with Crippen molar-refractivity contribution in [1.29, 1.82) is 0 Å². The standard InChI is InChI=1S/C14H14BrN3/c15-10-6-12(16)14(17-8-10)18-13-7-11(13)9-4-2-1-3-5-9/h1-6,8,11,13H,7,16H2,(H,17,18). The van der Waals surface area contributed by atoms with Gasteiger partial charge in [-0.25, -0.2) is 4.98 Å². The lowest BCUT2D eigenvalue weighted by molar-refractivity contribution is 1.03. The molecule has 3 nitrogen and oxygen atoms in total. The highest BCUT2D eigenvalue weighted by Gasteiger charge is 2.38. The SMILES string of the molecule is Nc1cc(Br)cnc1NC1CC1c1ccccc1. The van der Waals surface area contributed by atoms with Crippen molar-refractivity contribution in [2.45, 2.75) is 18.4 Å². The highest BCUT2D eigenvalue weighted by atomic mass is 79.9. The zero-order valence-electron chi connectivity index (χ0n) is 9.81. The van der Waals surface area contributed by atoms with E-state index < -0.39 is 0 Å². The first-order valence-corrected chi connectivity index (χ1v) is 6.76. The maximum absolute atomic E-state index is 5.93. The molecule has 2 unspecified atom stereocenters. The highest BCUT2D eigenvalue weighted by molar-refractivity contribution is 9.10. The van der Waals surface area contributed by atoms with Gasteiger partial charge in [0.2, 0.25) is 0 Å². The zero-order valence-corrected chi connectivity index (χ0v) is 11.4. The monoisotopic (exact) mass is 303 g/mol. The second-order valence-corrected chi connectivity index (χ2v) is 5.51. The molecule has 1 fully saturated rings. The van der Waals surface area contributed by atoms with E-state index >= 15 is 0 Å². The number of aromatic nitrogens is 1. The third kappa shape index (κ3) is 2.34. The largest absolute Gasteiger partial charge is 0.396 e. The smallest absolute Gasteiger partial charge is 0.149 e. The van der Waals surface area contributed by atoms with Crippen LogP contribution in [0.15, 0.2) is 47.1 Å². The first-order chi connectivity index (χ1) is 8.74. The number of nitrogens with one attached hydrogen (secondary N) is 1. The van der Waals surface area contributed by atoms with E-state index in [0.717, 1.165) is 16.7 Å². The fourth-order valence-corrected chi connectivity index (χ4v) is 2.52. The van der Waals surface area contributed by atoms with Gasteiger partial charge in [-0.15, -0.1) is 0 Å². The van der Waals surface area contributed by atoms with Crippen LogP contribution in [0.5, 0.6) is 0 Å². The van der Waals surface area contributed by atoms with Crippen LogP contribution in [-0.4, -0.2) is 11.0 Å². The van der Waals surface area contributed by atoms with Gasteiger partial charge in [0.15, 0.2) is 0 Å². The van der Waals surface area contributed by atoms with Gasteiger partial charge in [-0.3, -0.25) is 0 Å². The summed E-state index contributed by atoms with van der Waals surface area (Å²) in [5, 5.41) is 3.40. The molecule has 1 aliphatic carbocycles. The molecule has 0 aliphatic heterocycles. The average Bonchev–Trinajstić information content (AvgIpc) is 3.13. The Morgan fingerprint density at radius 2 is 2.06 bits per heavy atom. The summed E-state index contributed by atoms with van der Waals surface area (Å²) in [5.41, 5.74) is 7.99. The number of benzene rings is 1. The Morgan fingerprint density at radius 1 is 1.28 bits per heavy atom. The predicted octanol–water partition coefficient (Wildman–Crippen LogP) is 3.39. The highest BCUT2D eigenvalue weighted by Crippen LogP contribution is 2.43. The number of anilines is 2. The normalized spacial score (nSPS) is 21.6. The van der Waals surface area contributed by atoms with Crippen molar-refractivity contribution >= 4 is 27.4 Å². The fraction of sp³-hybridized carbons (Fsp3) is 0.214. The lowest BCUT2D eigenvalue weighted by Crippen LogP contribution is -2.08. The molecular formula is C14H14BrN3. The van der Waals surface area contributed by atoms with Crippen LogP contribution in [0, 0.1) is 0 Å². The molecule has 3 N–H and O–H groups in total. The van der Waals surface area contributed by atoms with Gasteiger partial charge in [-0.1, -0.05) is 30.3 Å². The second-order valence-electron chi connectivity index (χ2n) is 4.60. The summed E-state index contributed by atoms with van der Waals surface area (Å²) in [5.74, 6) is 1.36. The minimum absolute atomic E-state index is 0.448. The quantitative estimate of drug-likeness (QED) is 0.914. The molecule has 1 heterocycles. The third-order valence-corrected chi connectivity index (χ3v) is 3.66. The van der Waals surface area contributed by atoms with Gasteiger partial charge in [-0.05, 0) is 34.0 Å². The van der Waals surface area contributed by atoms with E-state index in [1.165, 1.54) is 5.56 Å². The topological polar surface area (TPSA) is 50.9 Å². The van der Waals surface area contributed by atoms with Crippen molar-refractivity contribution in [3.63, 3.8) is 0 Å². The molecular weight excluding hydrogens is 290 g/mol. The number of pyridine rings is 1. The van der Waals surface area contributed by atoms with Crippen molar-refractivity contribution in [1.82, 2.24) is 4.98 Å². The molecule has 0 spiro atoms. The molecule has 92 valence electrons. The molecule has 1 aliphatic rings. The molecule has 2 aromatic rings. The van der Waals surface area contributed by atoms with Gasteiger partial charge in [0, 0.05) is 22.6 Å². The number of halogens is 1. The van der Waals surface area contributed by atoms with Crippen molar-refractivity contribution in [3.05, 3.63) is 52.6 Å². The molecule has 3 rings (SSSR count). The Balaban J connectivity index is 1.69. The Bertz CT molecular complexity index is 556. The van der Waals surface area contributed by atoms with Crippen LogP contribution < -0.4 is 11.1 Å². The van der Waals surface area contributed by atoms with Crippen molar-refractivity contribution in [2.24, 2.45) is 0 Å². The first-order valence-electron chi connectivity index (χ1n) is 5.96. The average molecular weight is 304 g/mol. The van der Waals surface area contributed by atoms with Gasteiger partial charge < -0.3 is 11.1 Å². The molecule has 0 radical (unpaired) electrons. The molecule has 0 amide bonds. The molecule has 1 aromatic heterocycles. The van der Waals surface area contributed by atoms with Gasteiger partial charge in [0.1, 0.15) is 5.82 Å². The first kappa shape index (κ1) is 11.5. The summed E-state index contributed by atoms with van der Waals surface area (Å²) in [6.07, 6.45) is 2.90. The van der Waals surface area contributed by atoms with E-state index in [9.17, 15) is 0 Å². The fourth-order valence-electron chi connectivity index (χ4n) is 2.17. The summed E-state index contributed by atoms with van der Waals surface area (Å²) in [7, 11) is 0. The number of hydrogen-bond donors (Lipinski definition) is 2. The van der Waals surface area contributed by atoms with Gasteiger partial charge >= 0.3 is 0 Å². The molecule has 1 saturated carbocycles. The molecule has 0 saturated heterocycles. The predicted molar refractivity (Wildman–Crippen MR) is 77.6 cm³/mol. The summed E-state index contributed by atoms with van der Waals surface area (Å²) in [6, 6.07) is 12.9. The maximum Gasteiger partial charge on any atom is 0.149 e. The number of rotatable bonds is 3. The van der Waals surface area contributed by atoms with Crippen LogP contribution in [0.3, 0.4) is 0 Å². The lowest BCUT2D eigenvalue weighted by atomic mass is 10.1. The minimum atomic E-state index is 0.448. The van der Waals surface area contributed by atoms with Crippen molar-refractivity contribution in [2.75, 3.05) is 11.1 Å². The summed E-state index contributed by atoms with van der Waals surface area (Å²) >= 11 is 3.36.